The Balaban J connectivity index is 1.46. The van der Waals surface area contributed by atoms with Crippen molar-refractivity contribution in [1.82, 2.24) is 29.7 Å². The van der Waals surface area contributed by atoms with Gasteiger partial charge in [-0.2, -0.15) is 9.97 Å². The first-order valence-corrected chi connectivity index (χ1v) is 11.5. The normalized spacial score (nSPS) is 20.2. The maximum absolute atomic E-state index is 12.9. The minimum Gasteiger partial charge on any atom is -0.379 e. The van der Waals surface area contributed by atoms with Gasteiger partial charge in [-0.15, -0.1) is 0 Å². The maximum atomic E-state index is 12.9. The molecule has 0 saturated carbocycles. The molecular weight excluding hydrogens is 396 g/mol. The minimum absolute atomic E-state index is 0.00939. The molecule has 0 aliphatic carbocycles. The Morgan fingerprint density at radius 2 is 2.06 bits per heavy atom. The second-order valence-electron chi connectivity index (χ2n) is 8.15. The molecule has 10 nitrogen and oxygen atoms in total. The number of anilines is 2. The van der Waals surface area contributed by atoms with Gasteiger partial charge in [0, 0.05) is 52.4 Å². The molecule has 2 aromatic rings. The number of rotatable bonds is 8. The van der Waals surface area contributed by atoms with Crippen LogP contribution in [0.15, 0.2) is 6.33 Å². The summed E-state index contributed by atoms with van der Waals surface area (Å²) in [7, 11) is 0. The fraction of sp³-hybridized carbons (Fsp3) is 0.714. The molecule has 2 N–H and O–H groups in total. The number of nitrogens with zero attached hydrogens (tertiary/aromatic N) is 6. The molecule has 2 aromatic heterocycles. The summed E-state index contributed by atoms with van der Waals surface area (Å²) in [6, 6.07) is 0. The van der Waals surface area contributed by atoms with Crippen LogP contribution >= 0.6 is 0 Å². The average Bonchev–Trinajstić information content (AvgIpc) is 3.29. The van der Waals surface area contributed by atoms with E-state index in [2.05, 4.69) is 30.1 Å². The molecule has 4 rings (SSSR count). The highest BCUT2D eigenvalue weighted by molar-refractivity contribution is 5.84. The van der Waals surface area contributed by atoms with Gasteiger partial charge < -0.3 is 24.8 Å². The Labute approximate surface area is 183 Å². The van der Waals surface area contributed by atoms with Crippen molar-refractivity contribution in [3.63, 3.8) is 0 Å². The highest BCUT2D eigenvalue weighted by Gasteiger charge is 2.30. The highest BCUT2D eigenvalue weighted by Crippen LogP contribution is 2.26. The zero-order valence-corrected chi connectivity index (χ0v) is 18.6. The number of imidazole rings is 1. The van der Waals surface area contributed by atoms with E-state index >= 15 is 0 Å². The lowest BCUT2D eigenvalue weighted by Crippen LogP contribution is -2.45. The van der Waals surface area contributed by atoms with E-state index in [0.717, 1.165) is 83.2 Å². The summed E-state index contributed by atoms with van der Waals surface area (Å²) in [6.07, 6.45) is 3.53. The molecule has 31 heavy (non-hydrogen) atoms. The van der Waals surface area contributed by atoms with Gasteiger partial charge in [-0.05, 0) is 26.7 Å². The summed E-state index contributed by atoms with van der Waals surface area (Å²) in [4.78, 5) is 36.3. The van der Waals surface area contributed by atoms with Crippen LogP contribution in [0.2, 0.25) is 0 Å². The van der Waals surface area contributed by atoms with Gasteiger partial charge in [-0.3, -0.25) is 9.69 Å². The predicted molar refractivity (Wildman–Crippen MR) is 120 cm³/mol. The second-order valence-corrected chi connectivity index (χ2v) is 8.15. The zero-order valence-electron chi connectivity index (χ0n) is 18.6. The van der Waals surface area contributed by atoms with Crippen molar-refractivity contribution in [2.24, 2.45) is 5.92 Å². The van der Waals surface area contributed by atoms with Gasteiger partial charge >= 0.3 is 0 Å². The Bertz CT molecular complexity index is 862. The van der Waals surface area contributed by atoms with Gasteiger partial charge in [-0.25, -0.2) is 4.98 Å². The smallest absolute Gasteiger partial charge is 0.229 e. The van der Waals surface area contributed by atoms with Crippen molar-refractivity contribution in [1.29, 1.82) is 0 Å². The van der Waals surface area contributed by atoms with Gasteiger partial charge in [-0.1, -0.05) is 0 Å². The highest BCUT2D eigenvalue weighted by atomic mass is 16.5. The van der Waals surface area contributed by atoms with Gasteiger partial charge in [0.15, 0.2) is 11.5 Å². The zero-order chi connectivity index (χ0) is 21.6. The molecule has 0 bridgehead atoms. The number of hydrogen-bond donors (Lipinski definition) is 2. The van der Waals surface area contributed by atoms with Crippen molar-refractivity contribution in [3.05, 3.63) is 6.33 Å². The number of nitrogens with one attached hydrogen (secondary N) is 2. The topological polar surface area (TPSA) is 103 Å². The van der Waals surface area contributed by atoms with Crippen molar-refractivity contribution in [2.45, 2.75) is 26.7 Å². The molecule has 1 atom stereocenters. The number of hydrogen-bond acceptors (Lipinski definition) is 8. The summed E-state index contributed by atoms with van der Waals surface area (Å²) in [5.41, 5.74) is 1.47. The average molecular weight is 431 g/mol. The number of morpholine rings is 1. The van der Waals surface area contributed by atoms with Crippen LogP contribution in [0.5, 0.6) is 0 Å². The Hall–Kier alpha value is -2.46. The molecule has 2 saturated heterocycles. The summed E-state index contributed by atoms with van der Waals surface area (Å²) in [5.74, 6) is 1.64. The number of carbonyl (C=O) groups excluding carboxylic acids is 1. The summed E-state index contributed by atoms with van der Waals surface area (Å²) in [5, 5.41) is 3.46. The lowest BCUT2D eigenvalue weighted by atomic mass is 9.96. The monoisotopic (exact) mass is 430 g/mol. The minimum atomic E-state index is -0.00939. The van der Waals surface area contributed by atoms with Crippen molar-refractivity contribution in [3.8, 4) is 0 Å². The Morgan fingerprint density at radius 1 is 1.26 bits per heavy atom. The lowest BCUT2D eigenvalue weighted by Gasteiger charge is -2.34. The maximum Gasteiger partial charge on any atom is 0.229 e. The first kappa shape index (κ1) is 21.8. The molecule has 2 aliphatic heterocycles. The summed E-state index contributed by atoms with van der Waals surface area (Å²) < 4.78 is 5.42. The fourth-order valence-corrected chi connectivity index (χ4v) is 4.40. The molecular formula is C21H34N8O2. The van der Waals surface area contributed by atoms with Crippen molar-refractivity contribution >= 4 is 28.8 Å². The van der Waals surface area contributed by atoms with Crippen LogP contribution in [0.1, 0.15) is 26.7 Å². The predicted octanol–water partition coefficient (Wildman–Crippen LogP) is 1.18. The second kappa shape index (κ2) is 10.2. The molecule has 4 heterocycles. The standard InChI is InChI=1S/C21H34N8O2/c1-3-28(4-2)20(30)16-6-5-8-29(14-16)21-25-18(17-19(26-21)24-15-23-17)22-7-9-27-10-12-31-13-11-27/h15-16H,3-14H2,1-2H3,(H2,22,23,24,25,26). The van der Waals surface area contributed by atoms with E-state index in [-0.39, 0.29) is 11.8 Å². The number of piperidine rings is 1. The van der Waals surface area contributed by atoms with E-state index in [1.807, 2.05) is 18.7 Å². The number of fused-ring (bicyclic) bond motifs is 1. The number of aromatic amines is 1. The van der Waals surface area contributed by atoms with E-state index in [1.165, 1.54) is 0 Å². The summed E-state index contributed by atoms with van der Waals surface area (Å²) >= 11 is 0. The van der Waals surface area contributed by atoms with E-state index in [4.69, 9.17) is 9.72 Å². The third-order valence-electron chi connectivity index (χ3n) is 6.23. The first-order chi connectivity index (χ1) is 15.2. The quantitative estimate of drug-likeness (QED) is 0.644. The lowest BCUT2D eigenvalue weighted by molar-refractivity contribution is -0.135. The third kappa shape index (κ3) is 5.07. The largest absolute Gasteiger partial charge is 0.379 e. The van der Waals surface area contributed by atoms with Crippen LogP contribution in [0.3, 0.4) is 0 Å². The van der Waals surface area contributed by atoms with Crippen LogP contribution in [0, 0.1) is 5.92 Å². The van der Waals surface area contributed by atoms with Crippen LogP contribution < -0.4 is 10.2 Å². The van der Waals surface area contributed by atoms with Crippen molar-refractivity contribution in [2.75, 3.05) is 75.8 Å². The van der Waals surface area contributed by atoms with E-state index in [0.29, 0.717) is 18.1 Å². The molecule has 170 valence electrons. The SMILES string of the molecule is CCN(CC)C(=O)C1CCCN(c2nc(NCCN3CCOCC3)c3[nH]cnc3n2)C1. The number of H-pyrrole nitrogens is 1. The first-order valence-electron chi connectivity index (χ1n) is 11.5. The molecule has 10 heteroatoms. The third-order valence-corrected chi connectivity index (χ3v) is 6.23. The van der Waals surface area contributed by atoms with Gasteiger partial charge in [0.2, 0.25) is 11.9 Å². The van der Waals surface area contributed by atoms with Crippen LogP contribution in [0.4, 0.5) is 11.8 Å². The molecule has 1 amide bonds. The van der Waals surface area contributed by atoms with Gasteiger partial charge in [0.25, 0.3) is 0 Å². The number of aromatic nitrogens is 4. The van der Waals surface area contributed by atoms with Crippen LogP contribution in [-0.2, 0) is 9.53 Å². The fourth-order valence-electron chi connectivity index (χ4n) is 4.40. The molecule has 0 radical (unpaired) electrons. The van der Waals surface area contributed by atoms with E-state index in [1.54, 1.807) is 6.33 Å². The molecule has 0 aromatic carbocycles. The van der Waals surface area contributed by atoms with Crippen molar-refractivity contribution < 1.29 is 9.53 Å². The van der Waals surface area contributed by atoms with E-state index in [9.17, 15) is 4.79 Å². The Morgan fingerprint density at radius 3 is 2.84 bits per heavy atom. The Kier molecular flexibility index (Phi) is 7.18. The number of amides is 1. The van der Waals surface area contributed by atoms with E-state index < -0.39 is 0 Å². The molecule has 2 fully saturated rings. The number of ether oxygens (including phenoxy) is 1. The summed E-state index contributed by atoms with van der Waals surface area (Å²) in [6.45, 7) is 12.3. The van der Waals surface area contributed by atoms with Crippen LogP contribution in [0.25, 0.3) is 11.2 Å². The van der Waals surface area contributed by atoms with Crippen LogP contribution in [-0.4, -0.2) is 101 Å². The van der Waals surface area contributed by atoms with Gasteiger partial charge in [0.1, 0.15) is 5.52 Å². The number of carbonyl (C=O) groups is 1. The molecule has 1 unspecified atom stereocenters. The molecule has 0 spiro atoms. The molecule has 2 aliphatic rings. The van der Waals surface area contributed by atoms with Gasteiger partial charge in [0.05, 0.1) is 25.5 Å².